The third-order valence-corrected chi connectivity index (χ3v) is 4.27. The standard InChI is InChI=1S/C12H15Br2N/c13-11-3-1-2-9(5-11)4-10-6-12(14)8-15-7-10/h6-9,11H,1-5H2. The molecule has 1 aromatic heterocycles. The molecule has 2 unspecified atom stereocenters. The molecular weight excluding hydrogens is 318 g/mol. The molecule has 1 aromatic rings. The lowest BCUT2D eigenvalue weighted by Crippen LogP contribution is -2.17. The first-order valence-corrected chi connectivity index (χ1v) is 7.18. The fraction of sp³-hybridized carbons (Fsp3) is 0.583. The van der Waals surface area contributed by atoms with Crippen LogP contribution in [0.2, 0.25) is 0 Å². The molecule has 82 valence electrons. The van der Waals surface area contributed by atoms with Crippen LogP contribution in [0.3, 0.4) is 0 Å². The van der Waals surface area contributed by atoms with Gasteiger partial charge in [0, 0.05) is 21.7 Å². The normalized spacial score (nSPS) is 26.5. The van der Waals surface area contributed by atoms with Crippen LogP contribution >= 0.6 is 31.9 Å². The molecule has 2 rings (SSSR count). The van der Waals surface area contributed by atoms with Crippen LogP contribution < -0.4 is 0 Å². The fourth-order valence-corrected chi connectivity index (χ4v) is 3.58. The van der Waals surface area contributed by atoms with E-state index in [0.29, 0.717) is 0 Å². The highest BCUT2D eigenvalue weighted by Gasteiger charge is 2.20. The average molecular weight is 333 g/mol. The van der Waals surface area contributed by atoms with E-state index in [0.717, 1.165) is 15.2 Å². The molecule has 2 atom stereocenters. The number of alkyl halides is 1. The van der Waals surface area contributed by atoms with Crippen LogP contribution in [0.15, 0.2) is 22.9 Å². The van der Waals surface area contributed by atoms with E-state index in [2.05, 4.69) is 42.9 Å². The number of aromatic nitrogens is 1. The zero-order valence-electron chi connectivity index (χ0n) is 8.63. The van der Waals surface area contributed by atoms with Gasteiger partial charge in [-0.15, -0.1) is 0 Å². The van der Waals surface area contributed by atoms with E-state index in [-0.39, 0.29) is 0 Å². The number of hydrogen-bond acceptors (Lipinski definition) is 1. The van der Waals surface area contributed by atoms with Crippen molar-refractivity contribution >= 4 is 31.9 Å². The number of nitrogens with zero attached hydrogens (tertiary/aromatic N) is 1. The lowest BCUT2D eigenvalue weighted by atomic mass is 9.85. The van der Waals surface area contributed by atoms with Crippen molar-refractivity contribution < 1.29 is 0 Å². The molecule has 1 aliphatic carbocycles. The van der Waals surface area contributed by atoms with Gasteiger partial charge < -0.3 is 0 Å². The first kappa shape index (κ1) is 11.6. The van der Waals surface area contributed by atoms with E-state index >= 15 is 0 Å². The molecule has 1 heterocycles. The molecule has 1 saturated carbocycles. The Morgan fingerprint density at radius 1 is 1.33 bits per heavy atom. The molecule has 1 fully saturated rings. The zero-order valence-corrected chi connectivity index (χ0v) is 11.8. The Bertz CT molecular complexity index is 327. The van der Waals surface area contributed by atoms with Crippen molar-refractivity contribution in [2.24, 2.45) is 5.92 Å². The van der Waals surface area contributed by atoms with Gasteiger partial charge in [-0.2, -0.15) is 0 Å². The molecule has 0 radical (unpaired) electrons. The highest BCUT2D eigenvalue weighted by molar-refractivity contribution is 9.10. The average Bonchev–Trinajstić information content (AvgIpc) is 2.17. The Hall–Kier alpha value is 0.110. The number of hydrogen-bond donors (Lipinski definition) is 0. The first-order valence-electron chi connectivity index (χ1n) is 5.47. The maximum atomic E-state index is 4.21. The quantitative estimate of drug-likeness (QED) is 0.734. The lowest BCUT2D eigenvalue weighted by molar-refractivity contribution is 0.367. The molecule has 3 heteroatoms. The third-order valence-electron chi connectivity index (χ3n) is 3.00. The fourth-order valence-electron chi connectivity index (χ4n) is 2.31. The van der Waals surface area contributed by atoms with Crippen LogP contribution in [-0.2, 0) is 6.42 Å². The topological polar surface area (TPSA) is 12.9 Å². The highest BCUT2D eigenvalue weighted by Crippen LogP contribution is 2.31. The molecular formula is C12H15Br2N. The molecule has 15 heavy (non-hydrogen) atoms. The molecule has 0 amide bonds. The van der Waals surface area contributed by atoms with Gasteiger partial charge in [0.2, 0.25) is 0 Å². The van der Waals surface area contributed by atoms with Crippen molar-refractivity contribution in [1.29, 1.82) is 0 Å². The predicted molar refractivity (Wildman–Crippen MR) is 70.3 cm³/mol. The number of pyridine rings is 1. The van der Waals surface area contributed by atoms with Crippen molar-refractivity contribution in [3.05, 3.63) is 28.5 Å². The maximum Gasteiger partial charge on any atom is 0.0410 e. The summed E-state index contributed by atoms with van der Waals surface area (Å²) >= 11 is 7.20. The smallest absolute Gasteiger partial charge is 0.0410 e. The van der Waals surface area contributed by atoms with Crippen molar-refractivity contribution in [2.45, 2.75) is 36.9 Å². The molecule has 0 N–H and O–H groups in total. The van der Waals surface area contributed by atoms with E-state index in [1.165, 1.54) is 37.7 Å². The number of halogens is 2. The lowest BCUT2D eigenvalue weighted by Gasteiger charge is -2.25. The second-order valence-electron chi connectivity index (χ2n) is 4.35. The van der Waals surface area contributed by atoms with Crippen molar-refractivity contribution in [3.63, 3.8) is 0 Å². The summed E-state index contributed by atoms with van der Waals surface area (Å²) < 4.78 is 1.09. The zero-order chi connectivity index (χ0) is 10.7. The summed E-state index contributed by atoms with van der Waals surface area (Å²) in [6.07, 6.45) is 10.4. The largest absolute Gasteiger partial charge is 0.263 e. The summed E-state index contributed by atoms with van der Waals surface area (Å²) in [7, 11) is 0. The molecule has 0 bridgehead atoms. The van der Waals surface area contributed by atoms with Gasteiger partial charge in [-0.05, 0) is 52.7 Å². The van der Waals surface area contributed by atoms with Crippen LogP contribution in [-0.4, -0.2) is 9.81 Å². The van der Waals surface area contributed by atoms with Gasteiger partial charge in [-0.3, -0.25) is 4.98 Å². The molecule has 1 nitrogen and oxygen atoms in total. The predicted octanol–water partition coefficient (Wildman–Crippen LogP) is 4.34. The Kier molecular flexibility index (Phi) is 4.21. The van der Waals surface area contributed by atoms with Crippen LogP contribution in [0.25, 0.3) is 0 Å². The monoisotopic (exact) mass is 331 g/mol. The SMILES string of the molecule is Brc1cncc(CC2CCCC(Br)C2)c1. The maximum absolute atomic E-state index is 4.21. The van der Waals surface area contributed by atoms with Gasteiger partial charge in [0.05, 0.1) is 0 Å². The van der Waals surface area contributed by atoms with E-state index < -0.39 is 0 Å². The molecule has 0 aliphatic heterocycles. The Morgan fingerprint density at radius 3 is 2.93 bits per heavy atom. The van der Waals surface area contributed by atoms with Crippen LogP contribution in [0.4, 0.5) is 0 Å². The minimum atomic E-state index is 0.733. The van der Waals surface area contributed by atoms with Gasteiger partial charge in [-0.1, -0.05) is 28.8 Å². The van der Waals surface area contributed by atoms with Crippen LogP contribution in [0, 0.1) is 5.92 Å². The Balaban J connectivity index is 1.96. The Labute approximate surface area is 108 Å². The van der Waals surface area contributed by atoms with E-state index in [1.54, 1.807) is 0 Å². The van der Waals surface area contributed by atoms with E-state index in [9.17, 15) is 0 Å². The van der Waals surface area contributed by atoms with Crippen LogP contribution in [0.1, 0.15) is 31.2 Å². The second-order valence-corrected chi connectivity index (χ2v) is 6.56. The Morgan fingerprint density at radius 2 is 2.20 bits per heavy atom. The van der Waals surface area contributed by atoms with Crippen LogP contribution in [0.5, 0.6) is 0 Å². The molecule has 0 saturated heterocycles. The second kappa shape index (κ2) is 5.44. The van der Waals surface area contributed by atoms with E-state index in [1.807, 2.05) is 12.4 Å². The summed E-state index contributed by atoms with van der Waals surface area (Å²) in [6, 6.07) is 2.19. The van der Waals surface area contributed by atoms with Gasteiger partial charge in [0.1, 0.15) is 0 Å². The van der Waals surface area contributed by atoms with Crippen molar-refractivity contribution in [3.8, 4) is 0 Å². The van der Waals surface area contributed by atoms with Gasteiger partial charge in [-0.25, -0.2) is 0 Å². The van der Waals surface area contributed by atoms with Crippen molar-refractivity contribution in [1.82, 2.24) is 4.98 Å². The summed E-state index contributed by atoms with van der Waals surface area (Å²) in [6.45, 7) is 0. The highest BCUT2D eigenvalue weighted by atomic mass is 79.9. The molecule has 0 spiro atoms. The molecule has 0 aromatic carbocycles. The van der Waals surface area contributed by atoms with Gasteiger partial charge >= 0.3 is 0 Å². The summed E-state index contributed by atoms with van der Waals surface area (Å²) in [5.74, 6) is 0.833. The minimum Gasteiger partial charge on any atom is -0.263 e. The first-order chi connectivity index (χ1) is 7.24. The van der Waals surface area contributed by atoms with Gasteiger partial charge in [0.25, 0.3) is 0 Å². The van der Waals surface area contributed by atoms with Crippen molar-refractivity contribution in [2.75, 3.05) is 0 Å². The number of rotatable bonds is 2. The third kappa shape index (κ3) is 3.56. The van der Waals surface area contributed by atoms with E-state index in [4.69, 9.17) is 0 Å². The molecule has 1 aliphatic rings. The minimum absolute atomic E-state index is 0.733. The van der Waals surface area contributed by atoms with Gasteiger partial charge in [0.15, 0.2) is 0 Å². The summed E-state index contributed by atoms with van der Waals surface area (Å²) in [4.78, 5) is 4.94. The summed E-state index contributed by atoms with van der Waals surface area (Å²) in [5, 5.41) is 0. The summed E-state index contributed by atoms with van der Waals surface area (Å²) in [5.41, 5.74) is 1.36.